The minimum Gasteiger partial charge on any atom is -0.493 e. The van der Waals surface area contributed by atoms with E-state index >= 15 is 0 Å². The van der Waals surface area contributed by atoms with Gasteiger partial charge in [0.05, 0.1) is 27.4 Å². The Morgan fingerprint density at radius 3 is 2.28 bits per heavy atom. The summed E-state index contributed by atoms with van der Waals surface area (Å²) in [5.74, 6) is 1.97. The Morgan fingerprint density at radius 2 is 1.76 bits per heavy atom. The molecule has 0 saturated carbocycles. The van der Waals surface area contributed by atoms with Crippen molar-refractivity contribution >= 4 is 0 Å². The summed E-state index contributed by atoms with van der Waals surface area (Å²) in [6.07, 6.45) is 7.88. The van der Waals surface area contributed by atoms with Gasteiger partial charge >= 0.3 is 0 Å². The van der Waals surface area contributed by atoms with E-state index in [0.717, 1.165) is 38.3 Å². The fourth-order valence-electron chi connectivity index (χ4n) is 3.66. The number of nitrogens with one attached hydrogen (secondary N) is 1. The summed E-state index contributed by atoms with van der Waals surface area (Å²) in [7, 11) is 7.03. The van der Waals surface area contributed by atoms with E-state index in [-0.39, 0.29) is 6.04 Å². The molecular weight excluding hydrogens is 366 g/mol. The van der Waals surface area contributed by atoms with E-state index in [2.05, 4.69) is 54.4 Å². The van der Waals surface area contributed by atoms with E-state index in [0.29, 0.717) is 17.2 Å². The van der Waals surface area contributed by atoms with Crippen molar-refractivity contribution in [3.05, 3.63) is 41.6 Å². The molecule has 1 aliphatic rings. The molecule has 1 heterocycles. The van der Waals surface area contributed by atoms with Crippen molar-refractivity contribution in [3.63, 3.8) is 0 Å². The third-order valence-electron chi connectivity index (χ3n) is 5.26. The van der Waals surface area contributed by atoms with Crippen LogP contribution in [0.25, 0.3) is 0 Å². The molecule has 0 aliphatic carbocycles. The maximum atomic E-state index is 5.51. The normalized spacial score (nSPS) is 16.2. The monoisotopic (exact) mass is 403 g/mol. The molecule has 0 amide bonds. The van der Waals surface area contributed by atoms with E-state index in [4.69, 9.17) is 14.2 Å². The zero-order valence-corrected chi connectivity index (χ0v) is 18.8. The molecule has 0 aromatic heterocycles. The van der Waals surface area contributed by atoms with Crippen molar-refractivity contribution in [1.29, 1.82) is 0 Å². The molecule has 1 aliphatic heterocycles. The third kappa shape index (κ3) is 6.15. The van der Waals surface area contributed by atoms with Gasteiger partial charge in [0.2, 0.25) is 5.75 Å². The zero-order chi connectivity index (χ0) is 21.2. The molecule has 6 nitrogen and oxygen atoms in total. The van der Waals surface area contributed by atoms with Gasteiger partial charge in [0.1, 0.15) is 0 Å². The lowest BCUT2D eigenvalue weighted by molar-refractivity contribution is 0.301. The maximum Gasteiger partial charge on any atom is 0.203 e. The van der Waals surface area contributed by atoms with Gasteiger partial charge in [-0.1, -0.05) is 26.0 Å². The number of rotatable bonds is 12. The van der Waals surface area contributed by atoms with Gasteiger partial charge in [0, 0.05) is 19.8 Å². The standard InChI is InChI=1S/C23H37N3O3/c1-7-24-12-9-13-26(8-2)17-18-10-11-20(25(3)16-18)19-14-21(27-4)23(29-6)22(15-19)28-5/h10-11,14-16,20,24H,7-9,12-13,17H2,1-6H3. The first kappa shape index (κ1) is 23.1. The van der Waals surface area contributed by atoms with Crippen LogP contribution in [0, 0.1) is 0 Å². The molecule has 1 N–H and O–H groups in total. The molecule has 0 fully saturated rings. The minimum atomic E-state index is 0.122. The number of benzene rings is 1. The molecule has 2 rings (SSSR count). The van der Waals surface area contributed by atoms with Crippen molar-refractivity contribution in [1.82, 2.24) is 15.1 Å². The first-order valence-electron chi connectivity index (χ1n) is 10.4. The molecule has 1 aromatic rings. The Bertz CT molecular complexity index is 678. The second kappa shape index (κ2) is 11.7. The summed E-state index contributed by atoms with van der Waals surface area (Å²) in [6, 6.07) is 4.16. The minimum absolute atomic E-state index is 0.122. The highest BCUT2D eigenvalue weighted by molar-refractivity contribution is 5.55. The molecule has 1 atom stereocenters. The number of hydrogen-bond acceptors (Lipinski definition) is 6. The molecule has 0 spiro atoms. The lowest BCUT2D eigenvalue weighted by Gasteiger charge is -2.31. The van der Waals surface area contributed by atoms with Crippen LogP contribution in [0.4, 0.5) is 0 Å². The molecule has 162 valence electrons. The average Bonchev–Trinajstić information content (AvgIpc) is 2.74. The molecule has 1 aromatic carbocycles. The predicted octanol–water partition coefficient (Wildman–Crippen LogP) is 3.46. The van der Waals surface area contributed by atoms with Crippen LogP contribution in [0.1, 0.15) is 31.9 Å². The van der Waals surface area contributed by atoms with Crippen LogP contribution >= 0.6 is 0 Å². The van der Waals surface area contributed by atoms with Crippen LogP contribution in [-0.4, -0.2) is 70.9 Å². The highest BCUT2D eigenvalue weighted by Crippen LogP contribution is 2.41. The first-order chi connectivity index (χ1) is 14.1. The van der Waals surface area contributed by atoms with Gasteiger partial charge in [0.15, 0.2) is 11.5 Å². The van der Waals surface area contributed by atoms with Gasteiger partial charge in [0.25, 0.3) is 0 Å². The highest BCUT2D eigenvalue weighted by atomic mass is 16.5. The lowest BCUT2D eigenvalue weighted by Crippen LogP contribution is -2.30. The topological polar surface area (TPSA) is 46.2 Å². The number of hydrogen-bond donors (Lipinski definition) is 1. The second-order valence-electron chi connectivity index (χ2n) is 7.21. The van der Waals surface area contributed by atoms with Crippen LogP contribution in [0.2, 0.25) is 0 Å². The summed E-state index contributed by atoms with van der Waals surface area (Å²) in [4.78, 5) is 4.73. The quantitative estimate of drug-likeness (QED) is 0.539. The Kier molecular flexibility index (Phi) is 9.35. The maximum absolute atomic E-state index is 5.51. The van der Waals surface area contributed by atoms with E-state index in [9.17, 15) is 0 Å². The average molecular weight is 404 g/mol. The summed E-state index contributed by atoms with van der Waals surface area (Å²) < 4.78 is 16.5. The summed E-state index contributed by atoms with van der Waals surface area (Å²) in [5.41, 5.74) is 2.42. The van der Waals surface area contributed by atoms with Crippen molar-refractivity contribution in [2.24, 2.45) is 0 Å². The summed E-state index contributed by atoms with van der Waals surface area (Å²) in [6.45, 7) is 9.61. The predicted molar refractivity (Wildman–Crippen MR) is 119 cm³/mol. The fraction of sp³-hybridized carbons (Fsp3) is 0.565. The van der Waals surface area contributed by atoms with E-state index in [1.54, 1.807) is 21.3 Å². The van der Waals surface area contributed by atoms with Gasteiger partial charge in [-0.2, -0.15) is 0 Å². The van der Waals surface area contributed by atoms with Gasteiger partial charge < -0.3 is 24.4 Å². The largest absolute Gasteiger partial charge is 0.493 e. The van der Waals surface area contributed by atoms with E-state index < -0.39 is 0 Å². The third-order valence-corrected chi connectivity index (χ3v) is 5.26. The van der Waals surface area contributed by atoms with Gasteiger partial charge in [-0.15, -0.1) is 0 Å². The van der Waals surface area contributed by atoms with Gasteiger partial charge in [-0.05, 0) is 55.9 Å². The Balaban J connectivity index is 2.09. The van der Waals surface area contributed by atoms with Crippen LogP contribution in [0.15, 0.2) is 36.1 Å². The number of methoxy groups -OCH3 is 3. The first-order valence-corrected chi connectivity index (χ1v) is 10.4. The van der Waals surface area contributed by atoms with Crippen LogP contribution < -0.4 is 19.5 Å². The highest BCUT2D eigenvalue weighted by Gasteiger charge is 2.21. The van der Waals surface area contributed by atoms with Crippen LogP contribution in [0.5, 0.6) is 17.2 Å². The zero-order valence-electron chi connectivity index (χ0n) is 18.8. The number of likely N-dealkylation sites (N-methyl/N-ethyl adjacent to an activating group) is 2. The molecule has 0 saturated heterocycles. The Labute approximate surface area is 176 Å². The van der Waals surface area contributed by atoms with Crippen molar-refractivity contribution in [3.8, 4) is 17.2 Å². The van der Waals surface area contributed by atoms with Crippen LogP contribution in [-0.2, 0) is 0 Å². The smallest absolute Gasteiger partial charge is 0.203 e. The summed E-state index contributed by atoms with van der Waals surface area (Å²) >= 11 is 0. The summed E-state index contributed by atoms with van der Waals surface area (Å²) in [5, 5.41) is 3.40. The van der Waals surface area contributed by atoms with Crippen molar-refractivity contribution in [2.75, 3.05) is 61.1 Å². The number of ether oxygens (including phenoxy) is 3. The van der Waals surface area contributed by atoms with E-state index in [1.807, 2.05) is 12.1 Å². The van der Waals surface area contributed by atoms with Gasteiger partial charge in [-0.25, -0.2) is 0 Å². The van der Waals surface area contributed by atoms with Gasteiger partial charge in [-0.3, -0.25) is 4.90 Å². The van der Waals surface area contributed by atoms with Crippen molar-refractivity contribution in [2.45, 2.75) is 26.3 Å². The Morgan fingerprint density at radius 1 is 1.07 bits per heavy atom. The molecular formula is C23H37N3O3. The number of nitrogens with zero attached hydrogens (tertiary/aromatic N) is 2. The molecule has 0 bridgehead atoms. The van der Waals surface area contributed by atoms with Crippen molar-refractivity contribution < 1.29 is 14.2 Å². The van der Waals surface area contributed by atoms with Crippen LogP contribution in [0.3, 0.4) is 0 Å². The molecule has 29 heavy (non-hydrogen) atoms. The SMILES string of the molecule is CCNCCCN(CC)CC1=CN(C)C(c2cc(OC)c(OC)c(OC)c2)C=C1. The lowest BCUT2D eigenvalue weighted by atomic mass is 10.00. The second-order valence-corrected chi connectivity index (χ2v) is 7.21. The molecule has 1 unspecified atom stereocenters. The Hall–Kier alpha value is -2.18. The molecule has 0 radical (unpaired) electrons. The van der Waals surface area contributed by atoms with E-state index in [1.165, 1.54) is 12.0 Å². The molecule has 6 heteroatoms. The fourth-order valence-corrected chi connectivity index (χ4v) is 3.66.